The van der Waals surface area contributed by atoms with E-state index in [1.807, 2.05) is 32.9 Å². The molecular weight excluding hydrogens is 252 g/mol. The molecule has 4 heteroatoms. The van der Waals surface area contributed by atoms with Crippen molar-refractivity contribution in [3.8, 4) is 0 Å². The summed E-state index contributed by atoms with van der Waals surface area (Å²) in [7, 11) is 0. The maximum atomic E-state index is 12.7. The smallest absolute Gasteiger partial charge is 0.240 e. The minimum absolute atomic E-state index is 0.0192. The molecule has 2 fully saturated rings. The molecule has 3 heterocycles. The van der Waals surface area contributed by atoms with Crippen molar-refractivity contribution in [2.45, 2.75) is 38.4 Å². The van der Waals surface area contributed by atoms with Gasteiger partial charge in [0, 0.05) is 16.7 Å². The number of hydrogen-bond donors (Lipinski definition) is 1. The minimum Gasteiger partial charge on any atom is -0.332 e. The summed E-state index contributed by atoms with van der Waals surface area (Å²) >= 11 is 0. The molecule has 104 valence electrons. The van der Waals surface area contributed by atoms with Crippen molar-refractivity contribution >= 4 is 11.8 Å². The van der Waals surface area contributed by atoms with Gasteiger partial charge in [-0.3, -0.25) is 14.5 Å². The average Bonchev–Trinajstić information content (AvgIpc) is 2.99. The maximum absolute atomic E-state index is 12.7. The summed E-state index contributed by atoms with van der Waals surface area (Å²) in [5.74, 6) is -0.292. The third kappa shape index (κ3) is 1.25. The van der Waals surface area contributed by atoms with Gasteiger partial charge < -0.3 is 5.32 Å². The molecule has 20 heavy (non-hydrogen) atoms. The standard InChI is InChI=1S/C16H18N2O2/c1-16(2,3)18-14(19)10-11(15(18)20)13-9-7-5-4-6-8(9)12(10)17-13/h4-7,10-13,17H,1-3H3/p+1/t10-,11+,12-,13+. The predicted molar refractivity (Wildman–Crippen MR) is 72.4 cm³/mol. The second-order valence-electron chi connectivity index (χ2n) is 7.11. The van der Waals surface area contributed by atoms with Crippen LogP contribution in [-0.2, 0) is 9.59 Å². The molecular formula is C16H19N2O2+. The van der Waals surface area contributed by atoms with Gasteiger partial charge >= 0.3 is 0 Å². The van der Waals surface area contributed by atoms with Crippen molar-refractivity contribution in [2.75, 3.05) is 0 Å². The first-order valence-corrected chi connectivity index (χ1v) is 7.23. The number of likely N-dealkylation sites (tertiary alicyclic amines) is 1. The zero-order chi connectivity index (χ0) is 14.2. The number of carbonyl (C=O) groups excluding carboxylic acids is 2. The highest BCUT2D eigenvalue weighted by Crippen LogP contribution is 2.52. The molecule has 3 aliphatic heterocycles. The van der Waals surface area contributed by atoms with Crippen LogP contribution in [0.1, 0.15) is 44.0 Å². The molecule has 0 spiro atoms. The molecule has 0 saturated carbocycles. The molecule has 2 bridgehead atoms. The highest BCUT2D eigenvalue weighted by atomic mass is 16.2. The largest absolute Gasteiger partial charge is 0.332 e. The van der Waals surface area contributed by atoms with Gasteiger partial charge in [-0.15, -0.1) is 0 Å². The van der Waals surface area contributed by atoms with E-state index in [-0.39, 0.29) is 35.7 Å². The zero-order valence-electron chi connectivity index (χ0n) is 12.0. The van der Waals surface area contributed by atoms with E-state index in [4.69, 9.17) is 0 Å². The Bertz CT molecular complexity index is 585. The van der Waals surface area contributed by atoms with Gasteiger partial charge in [0.1, 0.15) is 23.9 Å². The number of hydrogen-bond acceptors (Lipinski definition) is 2. The zero-order valence-corrected chi connectivity index (χ0v) is 12.0. The molecule has 2 amide bonds. The predicted octanol–water partition coefficient (Wildman–Crippen LogP) is 0.759. The number of nitrogens with zero attached hydrogens (tertiary/aromatic N) is 1. The van der Waals surface area contributed by atoms with Crippen LogP contribution in [0.5, 0.6) is 0 Å². The van der Waals surface area contributed by atoms with E-state index < -0.39 is 5.54 Å². The SMILES string of the molecule is CC(C)(C)N1C(=O)[C@@H]2[C@H](C1=O)[C@H]1[NH2+][C@@H]2c2ccccc21. The highest BCUT2D eigenvalue weighted by molar-refractivity contribution is 6.07. The second kappa shape index (κ2) is 3.50. The lowest BCUT2D eigenvalue weighted by atomic mass is 9.77. The summed E-state index contributed by atoms with van der Waals surface area (Å²) in [5.41, 5.74) is 2.07. The molecule has 2 N–H and O–H groups in total. The van der Waals surface area contributed by atoms with Gasteiger partial charge in [0.2, 0.25) is 11.8 Å². The minimum atomic E-state index is -0.426. The van der Waals surface area contributed by atoms with Crippen molar-refractivity contribution in [1.82, 2.24) is 4.90 Å². The number of imide groups is 1. The van der Waals surface area contributed by atoms with E-state index in [1.54, 1.807) is 0 Å². The molecule has 0 aliphatic carbocycles. The van der Waals surface area contributed by atoms with Crippen LogP contribution in [0, 0.1) is 11.8 Å². The Morgan fingerprint density at radius 3 is 1.80 bits per heavy atom. The first-order chi connectivity index (χ1) is 9.41. The summed E-state index contributed by atoms with van der Waals surface area (Å²) in [6, 6.07) is 8.50. The van der Waals surface area contributed by atoms with E-state index in [2.05, 4.69) is 17.4 Å². The average molecular weight is 271 g/mol. The second-order valence-corrected chi connectivity index (χ2v) is 7.11. The Morgan fingerprint density at radius 2 is 1.40 bits per heavy atom. The van der Waals surface area contributed by atoms with Crippen LogP contribution in [0.3, 0.4) is 0 Å². The first-order valence-electron chi connectivity index (χ1n) is 7.23. The third-order valence-corrected chi connectivity index (χ3v) is 4.97. The Balaban J connectivity index is 1.82. The van der Waals surface area contributed by atoms with Crippen LogP contribution < -0.4 is 5.32 Å². The maximum Gasteiger partial charge on any atom is 0.240 e. The number of fused-ring (bicyclic) bond motifs is 8. The molecule has 1 aromatic carbocycles. The van der Waals surface area contributed by atoms with E-state index in [0.717, 1.165) is 0 Å². The van der Waals surface area contributed by atoms with Crippen molar-refractivity contribution in [1.29, 1.82) is 0 Å². The van der Waals surface area contributed by atoms with Crippen LogP contribution >= 0.6 is 0 Å². The fourth-order valence-corrected chi connectivity index (χ4v) is 4.30. The normalized spacial score (nSPS) is 34.6. The van der Waals surface area contributed by atoms with Gasteiger partial charge in [-0.25, -0.2) is 0 Å². The Morgan fingerprint density at radius 1 is 0.950 bits per heavy atom. The molecule has 0 radical (unpaired) electrons. The third-order valence-electron chi connectivity index (χ3n) is 4.97. The fraction of sp³-hybridized carbons (Fsp3) is 0.500. The highest BCUT2D eigenvalue weighted by Gasteiger charge is 2.67. The van der Waals surface area contributed by atoms with Crippen LogP contribution in [0.2, 0.25) is 0 Å². The molecule has 3 aliphatic rings. The summed E-state index contributed by atoms with van der Waals surface area (Å²) in [4.78, 5) is 27.0. The number of amides is 2. The van der Waals surface area contributed by atoms with Crippen molar-refractivity contribution in [2.24, 2.45) is 11.8 Å². The summed E-state index contributed by atoms with van der Waals surface area (Å²) in [6.07, 6.45) is 0. The van der Waals surface area contributed by atoms with Gasteiger partial charge in [-0.05, 0) is 20.8 Å². The van der Waals surface area contributed by atoms with Crippen LogP contribution in [0.4, 0.5) is 0 Å². The molecule has 4 nitrogen and oxygen atoms in total. The summed E-state index contributed by atoms with van der Waals surface area (Å²) in [6.45, 7) is 5.80. The molecule has 4 rings (SSSR count). The van der Waals surface area contributed by atoms with E-state index >= 15 is 0 Å². The van der Waals surface area contributed by atoms with E-state index in [1.165, 1.54) is 16.0 Å². The molecule has 4 atom stereocenters. The number of nitrogens with two attached hydrogens (primary N) is 1. The van der Waals surface area contributed by atoms with E-state index in [0.29, 0.717) is 0 Å². The molecule has 2 saturated heterocycles. The summed E-state index contributed by atoms with van der Waals surface area (Å²) < 4.78 is 0. The Kier molecular flexibility index (Phi) is 2.11. The van der Waals surface area contributed by atoms with Crippen molar-refractivity contribution in [3.05, 3.63) is 35.4 Å². The topological polar surface area (TPSA) is 54.0 Å². The number of quaternary nitrogens is 1. The van der Waals surface area contributed by atoms with Crippen LogP contribution in [0.25, 0.3) is 0 Å². The molecule has 1 aromatic rings. The number of benzene rings is 1. The van der Waals surface area contributed by atoms with Gasteiger partial charge in [0.25, 0.3) is 0 Å². The number of carbonyl (C=O) groups is 2. The Hall–Kier alpha value is -1.68. The lowest BCUT2D eigenvalue weighted by Crippen LogP contribution is -2.81. The van der Waals surface area contributed by atoms with Gasteiger partial charge in [-0.2, -0.15) is 0 Å². The van der Waals surface area contributed by atoms with E-state index in [9.17, 15) is 9.59 Å². The van der Waals surface area contributed by atoms with Crippen molar-refractivity contribution in [3.63, 3.8) is 0 Å². The fourth-order valence-electron chi connectivity index (χ4n) is 4.30. The first kappa shape index (κ1) is 12.1. The Labute approximate surface area is 118 Å². The lowest BCUT2D eigenvalue weighted by molar-refractivity contribution is -0.707. The van der Waals surface area contributed by atoms with Crippen LogP contribution in [0.15, 0.2) is 24.3 Å². The summed E-state index contributed by atoms with van der Waals surface area (Å²) in [5, 5.41) is 2.22. The van der Waals surface area contributed by atoms with Gasteiger partial charge in [0.05, 0.1) is 0 Å². The van der Waals surface area contributed by atoms with Crippen LogP contribution in [-0.4, -0.2) is 22.3 Å². The monoisotopic (exact) mass is 271 g/mol. The van der Waals surface area contributed by atoms with Gasteiger partial charge in [0.15, 0.2) is 0 Å². The molecule has 0 aromatic heterocycles. The molecule has 0 unspecified atom stereocenters. The number of rotatable bonds is 0. The van der Waals surface area contributed by atoms with Crippen molar-refractivity contribution < 1.29 is 14.9 Å². The quantitative estimate of drug-likeness (QED) is 0.708. The van der Waals surface area contributed by atoms with Gasteiger partial charge in [-0.1, -0.05) is 24.3 Å². The lowest BCUT2D eigenvalue weighted by Gasteiger charge is -2.31.